The number of carbonyl (C=O) groups excluding carboxylic acids is 1. The van der Waals surface area contributed by atoms with Crippen molar-refractivity contribution in [2.24, 2.45) is 0 Å². The zero-order valence-corrected chi connectivity index (χ0v) is 14.3. The van der Waals surface area contributed by atoms with Gasteiger partial charge in [0.2, 0.25) is 10.0 Å². The van der Waals surface area contributed by atoms with Crippen molar-refractivity contribution in [1.82, 2.24) is 9.62 Å². The third-order valence-electron chi connectivity index (χ3n) is 3.99. The van der Waals surface area contributed by atoms with Crippen LogP contribution in [0.3, 0.4) is 0 Å². The molecule has 0 atom stereocenters. The Morgan fingerprint density at radius 2 is 1.74 bits per heavy atom. The molecule has 1 aromatic carbocycles. The highest BCUT2D eigenvalue weighted by Gasteiger charge is 2.24. The third kappa shape index (κ3) is 4.94. The van der Waals surface area contributed by atoms with Crippen LogP contribution in [0.5, 0.6) is 0 Å². The largest absolute Gasteiger partial charge is 0.453 e. The molecule has 0 radical (unpaired) electrons. The topological polar surface area (TPSA) is 75.7 Å². The maximum atomic E-state index is 12.6. The van der Waals surface area contributed by atoms with E-state index in [2.05, 4.69) is 10.1 Å². The van der Waals surface area contributed by atoms with E-state index in [4.69, 9.17) is 0 Å². The minimum atomic E-state index is -3.40. The molecule has 1 amide bonds. The number of rotatable bonds is 5. The molecule has 0 saturated carbocycles. The number of alkyl carbamates (subject to hydrolysis) is 1. The van der Waals surface area contributed by atoms with Crippen molar-refractivity contribution in [2.45, 2.75) is 37.0 Å². The summed E-state index contributed by atoms with van der Waals surface area (Å²) in [4.78, 5) is 11.3. The number of hydrogen-bond donors (Lipinski definition) is 1. The molecule has 1 saturated heterocycles. The second-order valence-electron chi connectivity index (χ2n) is 5.63. The molecule has 0 bridgehead atoms. The van der Waals surface area contributed by atoms with E-state index in [9.17, 15) is 13.2 Å². The molecular formula is C16H24N2O4S. The molecule has 1 aliphatic heterocycles. The van der Waals surface area contributed by atoms with Gasteiger partial charge < -0.3 is 10.1 Å². The summed E-state index contributed by atoms with van der Waals surface area (Å²) in [5.41, 5.74) is 0.969. The highest BCUT2D eigenvalue weighted by molar-refractivity contribution is 7.89. The molecule has 0 unspecified atom stereocenters. The minimum absolute atomic E-state index is 0.337. The summed E-state index contributed by atoms with van der Waals surface area (Å²) in [6.45, 7) is 1.66. The van der Waals surface area contributed by atoms with E-state index in [-0.39, 0.29) is 0 Å². The molecule has 2 rings (SSSR count). The van der Waals surface area contributed by atoms with Crippen LogP contribution >= 0.6 is 0 Å². The quantitative estimate of drug-likeness (QED) is 0.891. The molecule has 1 N–H and O–H groups in total. The van der Waals surface area contributed by atoms with Crippen LogP contribution < -0.4 is 5.32 Å². The van der Waals surface area contributed by atoms with Crippen molar-refractivity contribution in [2.75, 3.05) is 26.7 Å². The Labute approximate surface area is 137 Å². The van der Waals surface area contributed by atoms with Crippen LogP contribution in [0.4, 0.5) is 4.79 Å². The number of sulfonamides is 1. The fourth-order valence-electron chi connectivity index (χ4n) is 2.64. The van der Waals surface area contributed by atoms with Gasteiger partial charge >= 0.3 is 6.09 Å². The van der Waals surface area contributed by atoms with Crippen molar-refractivity contribution in [3.05, 3.63) is 29.8 Å². The first-order chi connectivity index (χ1) is 11.0. The smallest absolute Gasteiger partial charge is 0.406 e. The monoisotopic (exact) mass is 340 g/mol. The summed E-state index contributed by atoms with van der Waals surface area (Å²) in [6.07, 6.45) is 4.20. The molecule has 1 heterocycles. The first-order valence-corrected chi connectivity index (χ1v) is 9.39. The van der Waals surface area contributed by atoms with Gasteiger partial charge in [-0.15, -0.1) is 0 Å². The summed E-state index contributed by atoms with van der Waals surface area (Å²) in [7, 11) is -2.08. The lowest BCUT2D eigenvalue weighted by atomic mass is 10.1. The average molecular weight is 340 g/mol. The van der Waals surface area contributed by atoms with Crippen molar-refractivity contribution < 1.29 is 17.9 Å². The first-order valence-electron chi connectivity index (χ1n) is 7.95. The molecule has 6 nitrogen and oxygen atoms in total. The van der Waals surface area contributed by atoms with Gasteiger partial charge in [0.15, 0.2) is 0 Å². The zero-order valence-electron chi connectivity index (χ0n) is 13.5. The molecule has 1 fully saturated rings. The van der Waals surface area contributed by atoms with Gasteiger partial charge in [0.05, 0.1) is 12.0 Å². The van der Waals surface area contributed by atoms with Gasteiger partial charge in [-0.2, -0.15) is 4.31 Å². The van der Waals surface area contributed by atoms with Gasteiger partial charge in [0.25, 0.3) is 0 Å². The Hall–Kier alpha value is -1.60. The molecule has 7 heteroatoms. The number of benzene rings is 1. The van der Waals surface area contributed by atoms with Crippen LogP contribution in [0, 0.1) is 0 Å². The normalized spacial score (nSPS) is 16.6. The lowest BCUT2D eigenvalue weighted by Crippen LogP contribution is -2.31. The van der Waals surface area contributed by atoms with Crippen LogP contribution in [0.2, 0.25) is 0 Å². The highest BCUT2D eigenvalue weighted by Crippen LogP contribution is 2.20. The average Bonchev–Trinajstić information content (AvgIpc) is 2.85. The van der Waals surface area contributed by atoms with Crippen molar-refractivity contribution in [1.29, 1.82) is 0 Å². The fourth-order valence-corrected chi connectivity index (χ4v) is 4.16. The Morgan fingerprint density at radius 3 is 2.30 bits per heavy atom. The molecule has 0 spiro atoms. The van der Waals surface area contributed by atoms with E-state index >= 15 is 0 Å². The summed E-state index contributed by atoms with van der Waals surface area (Å²) >= 11 is 0. The number of ether oxygens (including phenoxy) is 1. The highest BCUT2D eigenvalue weighted by atomic mass is 32.2. The number of hydrogen-bond acceptors (Lipinski definition) is 4. The third-order valence-corrected chi connectivity index (χ3v) is 5.91. The Morgan fingerprint density at radius 1 is 1.13 bits per heavy atom. The van der Waals surface area contributed by atoms with Gasteiger partial charge in [-0.1, -0.05) is 25.0 Å². The second kappa shape index (κ2) is 8.31. The molecule has 128 valence electrons. The van der Waals surface area contributed by atoms with Crippen LogP contribution in [0.1, 0.15) is 31.2 Å². The van der Waals surface area contributed by atoms with E-state index in [0.717, 1.165) is 31.2 Å². The molecular weight excluding hydrogens is 316 g/mol. The van der Waals surface area contributed by atoms with E-state index in [1.165, 1.54) is 7.11 Å². The molecule has 23 heavy (non-hydrogen) atoms. The molecule has 0 aliphatic carbocycles. The first kappa shape index (κ1) is 17.7. The molecule has 1 aliphatic rings. The lowest BCUT2D eigenvalue weighted by Gasteiger charge is -2.20. The fraction of sp³-hybridized carbons (Fsp3) is 0.562. The summed E-state index contributed by atoms with van der Waals surface area (Å²) < 4.78 is 31.4. The molecule has 0 aromatic heterocycles. The number of amides is 1. The van der Waals surface area contributed by atoms with Crippen molar-refractivity contribution >= 4 is 16.1 Å². The minimum Gasteiger partial charge on any atom is -0.453 e. The Kier molecular flexibility index (Phi) is 6.41. The van der Waals surface area contributed by atoms with Gasteiger partial charge in [0.1, 0.15) is 0 Å². The predicted octanol–water partition coefficient (Wildman–Crippen LogP) is 2.15. The second-order valence-corrected chi connectivity index (χ2v) is 7.57. The number of carbonyl (C=O) groups is 1. The number of nitrogens with zero attached hydrogens (tertiary/aromatic N) is 1. The van der Waals surface area contributed by atoms with Crippen molar-refractivity contribution in [3.8, 4) is 0 Å². The van der Waals surface area contributed by atoms with E-state index in [1.54, 1.807) is 28.6 Å². The maximum Gasteiger partial charge on any atom is 0.406 e. The van der Waals surface area contributed by atoms with Gasteiger partial charge in [-0.25, -0.2) is 13.2 Å². The van der Waals surface area contributed by atoms with E-state index in [0.29, 0.717) is 31.0 Å². The van der Waals surface area contributed by atoms with Crippen molar-refractivity contribution in [3.63, 3.8) is 0 Å². The van der Waals surface area contributed by atoms with Crippen LogP contribution in [-0.2, 0) is 21.2 Å². The predicted molar refractivity (Wildman–Crippen MR) is 87.8 cm³/mol. The maximum absolute atomic E-state index is 12.6. The number of nitrogens with one attached hydrogen (secondary N) is 1. The SMILES string of the molecule is COC(=O)NCCc1ccc(S(=O)(=O)N2CCCCCC2)cc1. The number of methoxy groups -OCH3 is 1. The van der Waals surface area contributed by atoms with Crippen LogP contribution in [0.15, 0.2) is 29.2 Å². The summed E-state index contributed by atoms with van der Waals surface area (Å²) in [6, 6.07) is 6.88. The standard InChI is InChI=1S/C16H24N2O4S/c1-22-16(19)17-11-10-14-6-8-15(9-7-14)23(20,21)18-12-4-2-3-5-13-18/h6-9H,2-5,10-13H2,1H3,(H,17,19). The van der Waals surface area contributed by atoms with E-state index < -0.39 is 16.1 Å². The molecule has 1 aromatic rings. The zero-order chi connectivity index (χ0) is 16.7. The summed E-state index contributed by atoms with van der Waals surface area (Å²) in [5.74, 6) is 0. The van der Waals surface area contributed by atoms with Crippen LogP contribution in [0.25, 0.3) is 0 Å². The van der Waals surface area contributed by atoms with Gasteiger partial charge in [-0.3, -0.25) is 0 Å². The van der Waals surface area contributed by atoms with E-state index in [1.807, 2.05) is 0 Å². The van der Waals surface area contributed by atoms with Crippen LogP contribution in [-0.4, -0.2) is 45.6 Å². The van der Waals surface area contributed by atoms with Gasteiger partial charge in [0, 0.05) is 19.6 Å². The lowest BCUT2D eigenvalue weighted by molar-refractivity contribution is 0.171. The Balaban J connectivity index is 1.98. The Bertz CT molecular complexity index is 605. The summed E-state index contributed by atoms with van der Waals surface area (Å²) in [5, 5.41) is 2.60. The van der Waals surface area contributed by atoms with Gasteiger partial charge in [-0.05, 0) is 37.0 Å².